The molecule has 6 atom stereocenters. The minimum absolute atomic E-state index is 0.762. The van der Waals surface area contributed by atoms with Gasteiger partial charge in [0.1, 0.15) is 0 Å². The third-order valence-corrected chi connectivity index (χ3v) is 10.5. The first-order valence-electron chi connectivity index (χ1n) is 14.4. The van der Waals surface area contributed by atoms with E-state index in [0.29, 0.717) is 0 Å². The fraction of sp³-hybridized carbons (Fsp3) is 0.600. The Morgan fingerprint density at radius 1 is 0.444 bits per heavy atom. The van der Waals surface area contributed by atoms with Crippen LogP contribution in [-0.4, -0.2) is 106 Å². The molecule has 6 heteroatoms. The van der Waals surface area contributed by atoms with Gasteiger partial charge in [-0.3, -0.25) is 9.80 Å². The van der Waals surface area contributed by atoms with Gasteiger partial charge in [0.05, 0.1) is 0 Å². The summed E-state index contributed by atoms with van der Waals surface area (Å²) < 4.78 is 0. The largest absolute Gasteiger partial charge is 0.296 e. The Morgan fingerprint density at radius 2 is 0.778 bits per heavy atom. The van der Waals surface area contributed by atoms with Gasteiger partial charge >= 0.3 is 0 Å². The Kier molecular flexibility index (Phi) is 5.49. The van der Waals surface area contributed by atoms with Crippen molar-refractivity contribution in [2.75, 3.05) is 52.4 Å². The zero-order valence-corrected chi connectivity index (χ0v) is 21.4. The first-order valence-corrected chi connectivity index (χ1v) is 14.4. The molecule has 2 aromatic rings. The smallest absolute Gasteiger partial charge is 0.0309 e. The number of nitrogens with zero attached hydrogens (tertiary/aromatic N) is 6. The Labute approximate surface area is 216 Å². The lowest BCUT2D eigenvalue weighted by molar-refractivity contribution is -0.0996. The molecule has 4 saturated heterocycles. The maximum absolute atomic E-state index is 2.89. The van der Waals surface area contributed by atoms with E-state index in [1.165, 1.54) is 76.3 Å². The topological polar surface area (TPSA) is 19.4 Å². The molecule has 190 valence electrons. The summed E-state index contributed by atoms with van der Waals surface area (Å²) in [6.45, 7) is 11.6. The van der Waals surface area contributed by atoms with Crippen LogP contribution in [0.15, 0.2) is 60.7 Å². The van der Waals surface area contributed by atoms with E-state index in [1.54, 1.807) is 0 Å². The van der Waals surface area contributed by atoms with Crippen LogP contribution in [0.4, 0.5) is 0 Å². The minimum Gasteiger partial charge on any atom is -0.296 e. The fourth-order valence-electron chi connectivity index (χ4n) is 9.08. The van der Waals surface area contributed by atoms with Crippen LogP contribution in [0.2, 0.25) is 0 Å². The van der Waals surface area contributed by atoms with E-state index in [2.05, 4.69) is 90.5 Å². The molecule has 2 unspecified atom stereocenters. The number of hydrazine groups is 2. The normalized spacial score (nSPS) is 37.6. The molecule has 8 rings (SSSR count). The summed E-state index contributed by atoms with van der Waals surface area (Å²) in [5, 5.41) is 11.5. The van der Waals surface area contributed by atoms with Crippen molar-refractivity contribution in [3.05, 3.63) is 71.8 Å². The van der Waals surface area contributed by atoms with Crippen molar-refractivity contribution < 1.29 is 0 Å². The van der Waals surface area contributed by atoms with Crippen LogP contribution in [0.3, 0.4) is 0 Å². The van der Waals surface area contributed by atoms with Crippen LogP contribution >= 0.6 is 0 Å². The number of rotatable bonds is 4. The second kappa shape index (κ2) is 8.90. The molecular formula is C30H40N6. The van der Waals surface area contributed by atoms with Crippen LogP contribution in [0.5, 0.6) is 0 Å². The summed E-state index contributed by atoms with van der Waals surface area (Å²) in [6, 6.07) is 25.3. The lowest BCUT2D eigenvalue weighted by Crippen LogP contribution is -2.57. The molecule has 2 aliphatic carbocycles. The maximum Gasteiger partial charge on any atom is 0.0309 e. The Balaban J connectivity index is 1.11. The van der Waals surface area contributed by atoms with E-state index in [0.717, 1.165) is 49.1 Å². The summed E-state index contributed by atoms with van der Waals surface area (Å²) in [6.07, 6.45) is 2.78. The predicted molar refractivity (Wildman–Crippen MR) is 142 cm³/mol. The van der Waals surface area contributed by atoms with Gasteiger partial charge in [-0.15, -0.1) is 0 Å². The number of hydrogen-bond donors (Lipinski definition) is 0. The molecule has 4 bridgehead atoms. The molecule has 0 radical (unpaired) electrons. The van der Waals surface area contributed by atoms with Gasteiger partial charge in [-0.2, -0.15) is 0 Å². The Bertz CT molecular complexity index is 938. The lowest BCUT2D eigenvalue weighted by Gasteiger charge is -2.44. The highest BCUT2D eigenvalue weighted by Gasteiger charge is 2.68. The van der Waals surface area contributed by atoms with Crippen LogP contribution in [-0.2, 0) is 13.1 Å². The summed E-state index contributed by atoms with van der Waals surface area (Å²) in [4.78, 5) is 5.46. The molecule has 0 aromatic heterocycles. The Morgan fingerprint density at radius 3 is 1.11 bits per heavy atom. The highest BCUT2D eigenvalue weighted by molar-refractivity contribution is 5.20. The SMILES string of the molecule is c1ccc(CN2CCN3[C@@H]4C[C@H]5C6C4[C@@H]4C[C@H]6N(CCN(Cc6ccccc6)CCN43)N5CC2)cc1. The molecule has 4 aliphatic heterocycles. The van der Waals surface area contributed by atoms with Gasteiger partial charge in [-0.25, -0.2) is 20.0 Å². The molecule has 6 fully saturated rings. The highest BCUT2D eigenvalue weighted by atomic mass is 15.7. The van der Waals surface area contributed by atoms with E-state index in [9.17, 15) is 0 Å². The zero-order chi connectivity index (χ0) is 23.6. The van der Waals surface area contributed by atoms with Crippen LogP contribution < -0.4 is 0 Å². The first-order chi connectivity index (χ1) is 17.8. The average molecular weight is 485 g/mol. The summed E-state index contributed by atoms with van der Waals surface area (Å²) >= 11 is 0. The monoisotopic (exact) mass is 484 g/mol. The number of benzene rings is 2. The van der Waals surface area contributed by atoms with E-state index < -0.39 is 0 Å². The molecule has 6 nitrogen and oxygen atoms in total. The molecular weight excluding hydrogens is 444 g/mol. The minimum atomic E-state index is 0.762. The van der Waals surface area contributed by atoms with Gasteiger partial charge in [0, 0.05) is 89.6 Å². The lowest BCUT2D eigenvalue weighted by atomic mass is 9.93. The molecule has 4 heterocycles. The van der Waals surface area contributed by atoms with Crippen molar-refractivity contribution in [1.29, 1.82) is 0 Å². The number of fused-ring (bicyclic) bond motifs is 2. The second-order valence-corrected chi connectivity index (χ2v) is 12.1. The van der Waals surface area contributed by atoms with Crippen molar-refractivity contribution in [1.82, 2.24) is 29.8 Å². The third kappa shape index (κ3) is 3.53. The van der Waals surface area contributed by atoms with Gasteiger partial charge in [-0.05, 0) is 35.8 Å². The van der Waals surface area contributed by atoms with Gasteiger partial charge < -0.3 is 0 Å². The van der Waals surface area contributed by atoms with Crippen molar-refractivity contribution in [3.8, 4) is 0 Å². The van der Waals surface area contributed by atoms with Crippen molar-refractivity contribution in [3.63, 3.8) is 0 Å². The average Bonchev–Trinajstić information content (AvgIpc) is 3.61. The molecule has 0 spiro atoms. The van der Waals surface area contributed by atoms with Crippen molar-refractivity contribution >= 4 is 0 Å². The first kappa shape index (κ1) is 22.2. The highest BCUT2D eigenvalue weighted by Crippen LogP contribution is 2.59. The number of hydrogen-bond acceptors (Lipinski definition) is 6. The quantitative estimate of drug-likeness (QED) is 0.660. The van der Waals surface area contributed by atoms with Gasteiger partial charge in [0.2, 0.25) is 0 Å². The van der Waals surface area contributed by atoms with E-state index in [1.807, 2.05) is 0 Å². The van der Waals surface area contributed by atoms with Crippen LogP contribution in [0, 0.1) is 11.8 Å². The zero-order valence-electron chi connectivity index (χ0n) is 21.4. The molecule has 6 aliphatic rings. The summed E-state index contributed by atoms with van der Waals surface area (Å²) in [7, 11) is 0. The molecule has 0 amide bonds. The molecule has 0 N–H and O–H groups in total. The predicted octanol–water partition coefficient (Wildman–Crippen LogP) is 2.60. The fourth-order valence-corrected chi connectivity index (χ4v) is 9.08. The van der Waals surface area contributed by atoms with Crippen LogP contribution in [0.1, 0.15) is 24.0 Å². The standard InChI is InChI=1S/C30H40N6/c1-3-7-23(8-4-1)21-31-11-15-33-25-19-26-30-28-20-27(29(25)30)35(33)17-13-32(22-24-9-5-2-6-10-24)14-18-36(28)34(26)16-12-31/h1-10,25-30H,11-22H2/t25-,26+,27+,28-,29?,30?. The molecule has 2 aromatic carbocycles. The van der Waals surface area contributed by atoms with Gasteiger partial charge in [-0.1, -0.05) is 60.7 Å². The van der Waals surface area contributed by atoms with E-state index in [4.69, 9.17) is 0 Å². The Hall–Kier alpha value is -1.80. The summed E-state index contributed by atoms with van der Waals surface area (Å²) in [5.41, 5.74) is 2.90. The second-order valence-electron chi connectivity index (χ2n) is 12.1. The van der Waals surface area contributed by atoms with Gasteiger partial charge in [0.25, 0.3) is 0 Å². The molecule has 2 saturated carbocycles. The maximum atomic E-state index is 2.89. The van der Waals surface area contributed by atoms with Crippen LogP contribution in [0.25, 0.3) is 0 Å². The van der Waals surface area contributed by atoms with Crippen molar-refractivity contribution in [2.24, 2.45) is 11.8 Å². The third-order valence-electron chi connectivity index (χ3n) is 10.5. The molecule has 36 heavy (non-hydrogen) atoms. The van der Waals surface area contributed by atoms with Crippen molar-refractivity contribution in [2.45, 2.75) is 50.1 Å². The summed E-state index contributed by atoms with van der Waals surface area (Å²) in [5.74, 6) is 1.77. The van der Waals surface area contributed by atoms with E-state index in [-0.39, 0.29) is 0 Å². The van der Waals surface area contributed by atoms with Gasteiger partial charge in [0.15, 0.2) is 0 Å². The van der Waals surface area contributed by atoms with E-state index >= 15 is 0 Å².